The molecule has 0 saturated carbocycles. The minimum absolute atomic E-state index is 0.168. The van der Waals surface area contributed by atoms with Gasteiger partial charge < -0.3 is 33.9 Å². The molecule has 0 radical (unpaired) electrons. The van der Waals surface area contributed by atoms with E-state index in [1.165, 1.54) is 5.56 Å². The number of para-hydroxylation sites is 4. The molecule has 8 heteroatoms. The third kappa shape index (κ3) is 5.22. The van der Waals surface area contributed by atoms with Crippen molar-refractivity contribution in [1.29, 1.82) is 0 Å². The third-order valence-electron chi connectivity index (χ3n) is 6.08. The van der Waals surface area contributed by atoms with E-state index in [2.05, 4.69) is 10.2 Å². The van der Waals surface area contributed by atoms with Crippen molar-refractivity contribution in [2.45, 2.75) is 12.5 Å². The van der Waals surface area contributed by atoms with Crippen LogP contribution in [0, 0.1) is 0 Å². The van der Waals surface area contributed by atoms with E-state index < -0.39 is 0 Å². The zero-order valence-corrected chi connectivity index (χ0v) is 21.2. The number of hydrogen-bond donors (Lipinski definition) is 1. The molecule has 4 rings (SSSR count). The fourth-order valence-electron chi connectivity index (χ4n) is 4.29. The Labute approximate surface area is 211 Å². The van der Waals surface area contributed by atoms with Gasteiger partial charge in [-0.3, -0.25) is 0 Å². The van der Waals surface area contributed by atoms with Crippen molar-refractivity contribution in [3.05, 3.63) is 71.8 Å². The molecule has 0 aliphatic carbocycles. The summed E-state index contributed by atoms with van der Waals surface area (Å²) < 4.78 is 28.4. The average Bonchev–Trinajstić information content (AvgIpc) is 2.91. The molecule has 0 fully saturated rings. The van der Waals surface area contributed by atoms with Gasteiger partial charge in [0.05, 0.1) is 40.2 Å². The Morgan fingerprint density at radius 2 is 1.43 bits per heavy atom. The number of hydrogen-bond acceptors (Lipinski definition) is 6. The second-order valence-electron chi connectivity index (χ2n) is 7.96. The highest BCUT2D eigenvalue weighted by molar-refractivity contribution is 7.80. The number of nitrogens with one attached hydrogen (secondary N) is 1. The van der Waals surface area contributed by atoms with Gasteiger partial charge in [0.2, 0.25) is 0 Å². The lowest BCUT2D eigenvalue weighted by atomic mass is 9.92. The first-order valence-electron chi connectivity index (χ1n) is 11.3. The van der Waals surface area contributed by atoms with E-state index in [-0.39, 0.29) is 6.04 Å². The third-order valence-corrected chi connectivity index (χ3v) is 6.41. The summed E-state index contributed by atoms with van der Waals surface area (Å²) in [6, 6.07) is 19.2. The van der Waals surface area contributed by atoms with Gasteiger partial charge in [0.25, 0.3) is 0 Å². The largest absolute Gasteiger partial charge is 0.495 e. The van der Waals surface area contributed by atoms with Gasteiger partial charge in [-0.15, -0.1) is 0 Å². The number of thiocarbonyl (C=S) groups is 1. The molecule has 7 nitrogen and oxygen atoms in total. The molecule has 1 atom stereocenters. The van der Waals surface area contributed by atoms with Gasteiger partial charge in [0, 0.05) is 6.54 Å². The predicted octanol–water partition coefficient (Wildman–Crippen LogP) is 5.10. The molecule has 1 aliphatic rings. The first-order chi connectivity index (χ1) is 17.1. The lowest BCUT2D eigenvalue weighted by molar-refractivity contribution is 0.185. The van der Waals surface area contributed by atoms with Crippen LogP contribution >= 0.6 is 12.2 Å². The molecule has 1 aliphatic heterocycles. The average molecular weight is 495 g/mol. The van der Waals surface area contributed by atoms with Crippen LogP contribution in [0.1, 0.15) is 17.2 Å². The van der Waals surface area contributed by atoms with E-state index >= 15 is 0 Å². The summed E-state index contributed by atoms with van der Waals surface area (Å²) in [4.78, 5) is 2.14. The zero-order chi connectivity index (χ0) is 24.8. The van der Waals surface area contributed by atoms with Gasteiger partial charge in [-0.1, -0.05) is 24.3 Å². The van der Waals surface area contributed by atoms with Crippen LogP contribution in [0.25, 0.3) is 0 Å². The highest BCUT2D eigenvalue weighted by atomic mass is 32.1. The van der Waals surface area contributed by atoms with Crippen molar-refractivity contribution in [3.8, 4) is 28.7 Å². The summed E-state index contributed by atoms with van der Waals surface area (Å²) in [5, 5.41) is 3.95. The maximum absolute atomic E-state index is 6.28. The van der Waals surface area contributed by atoms with Crippen LogP contribution in [0.15, 0.2) is 60.7 Å². The summed E-state index contributed by atoms with van der Waals surface area (Å²) in [6.07, 6.45) is 0.800. The minimum Gasteiger partial charge on any atom is -0.495 e. The molecule has 0 unspecified atom stereocenters. The monoisotopic (exact) mass is 494 g/mol. The number of methoxy groups -OCH3 is 4. The van der Waals surface area contributed by atoms with Crippen molar-refractivity contribution in [3.63, 3.8) is 0 Å². The SMILES string of the molecule is COc1ccccc1NC(=S)N1CCc2cc(OC)c(OC)cc2[C@H]1COc1ccccc1OC. The normalized spacial score (nSPS) is 14.5. The number of nitrogens with zero attached hydrogens (tertiary/aromatic N) is 1. The molecule has 0 spiro atoms. The summed E-state index contributed by atoms with van der Waals surface area (Å²) in [6.45, 7) is 1.07. The van der Waals surface area contributed by atoms with E-state index in [1.807, 2.05) is 60.7 Å². The lowest BCUT2D eigenvalue weighted by Gasteiger charge is -2.39. The Kier molecular flexibility index (Phi) is 7.82. The van der Waals surface area contributed by atoms with E-state index in [4.69, 9.17) is 35.9 Å². The molecule has 0 aromatic heterocycles. The van der Waals surface area contributed by atoms with Crippen LogP contribution in [0.3, 0.4) is 0 Å². The van der Waals surface area contributed by atoms with Gasteiger partial charge in [0.15, 0.2) is 28.1 Å². The van der Waals surface area contributed by atoms with Crippen LogP contribution in [0.2, 0.25) is 0 Å². The quantitative estimate of drug-likeness (QED) is 0.434. The lowest BCUT2D eigenvalue weighted by Crippen LogP contribution is -2.44. The van der Waals surface area contributed by atoms with Crippen LogP contribution in [0.5, 0.6) is 28.7 Å². The number of fused-ring (bicyclic) bond motifs is 1. The van der Waals surface area contributed by atoms with E-state index in [0.29, 0.717) is 41.3 Å². The molecule has 0 bridgehead atoms. The maximum Gasteiger partial charge on any atom is 0.174 e. The highest BCUT2D eigenvalue weighted by Crippen LogP contribution is 2.39. The van der Waals surface area contributed by atoms with Crippen molar-refractivity contribution >= 4 is 23.0 Å². The second kappa shape index (κ2) is 11.2. The summed E-state index contributed by atoms with van der Waals surface area (Å²) in [7, 11) is 6.56. The topological polar surface area (TPSA) is 61.4 Å². The molecule has 0 amide bonds. The number of anilines is 1. The predicted molar refractivity (Wildman–Crippen MR) is 140 cm³/mol. The van der Waals surface area contributed by atoms with Gasteiger partial charge in [-0.25, -0.2) is 0 Å². The van der Waals surface area contributed by atoms with Crippen molar-refractivity contribution in [2.75, 3.05) is 46.9 Å². The Bertz CT molecular complexity index is 1190. The maximum atomic E-state index is 6.28. The summed E-state index contributed by atoms with van der Waals surface area (Å²) >= 11 is 5.88. The smallest absolute Gasteiger partial charge is 0.174 e. The number of rotatable bonds is 8. The van der Waals surface area contributed by atoms with E-state index in [0.717, 1.165) is 23.4 Å². The molecule has 35 heavy (non-hydrogen) atoms. The van der Waals surface area contributed by atoms with Gasteiger partial charge in [0.1, 0.15) is 12.4 Å². The molecule has 1 N–H and O–H groups in total. The highest BCUT2D eigenvalue weighted by Gasteiger charge is 2.32. The molecule has 184 valence electrons. The Morgan fingerprint density at radius 1 is 0.829 bits per heavy atom. The molecule has 3 aromatic rings. The van der Waals surface area contributed by atoms with Crippen LogP contribution < -0.4 is 29.0 Å². The van der Waals surface area contributed by atoms with Gasteiger partial charge in [-0.05, 0) is 66.2 Å². The Balaban J connectivity index is 1.67. The number of ether oxygens (including phenoxy) is 5. The molecular weight excluding hydrogens is 464 g/mol. The molecule has 1 heterocycles. The van der Waals surface area contributed by atoms with Crippen molar-refractivity contribution in [1.82, 2.24) is 4.90 Å². The van der Waals surface area contributed by atoms with Crippen molar-refractivity contribution in [2.24, 2.45) is 0 Å². The first-order valence-corrected chi connectivity index (χ1v) is 11.7. The Hall–Kier alpha value is -3.65. The second-order valence-corrected chi connectivity index (χ2v) is 8.34. The van der Waals surface area contributed by atoms with Crippen LogP contribution in [-0.2, 0) is 6.42 Å². The van der Waals surface area contributed by atoms with Crippen LogP contribution in [-0.4, -0.2) is 51.6 Å². The van der Waals surface area contributed by atoms with Crippen LogP contribution in [0.4, 0.5) is 5.69 Å². The molecule has 3 aromatic carbocycles. The van der Waals surface area contributed by atoms with Gasteiger partial charge >= 0.3 is 0 Å². The fraction of sp³-hybridized carbons (Fsp3) is 0.296. The molecule has 0 saturated heterocycles. The zero-order valence-electron chi connectivity index (χ0n) is 20.4. The fourth-order valence-corrected chi connectivity index (χ4v) is 4.62. The van der Waals surface area contributed by atoms with E-state index in [9.17, 15) is 0 Å². The standard InChI is InChI=1S/C27H30N2O5S/c1-30-22-10-6-5-9-20(22)28-27(35)29-14-13-18-15-25(32-3)26(33-4)16-19(18)21(29)17-34-24-12-8-7-11-23(24)31-2/h5-12,15-16,21H,13-14,17H2,1-4H3,(H,28,35)/t21-/m1/s1. The Morgan fingerprint density at radius 3 is 2.11 bits per heavy atom. The van der Waals surface area contributed by atoms with Crippen molar-refractivity contribution < 1.29 is 23.7 Å². The molecular formula is C27H30N2O5S. The summed E-state index contributed by atoms with van der Waals surface area (Å²) in [5.41, 5.74) is 3.06. The first kappa shape index (κ1) is 24.5. The van der Waals surface area contributed by atoms with E-state index in [1.54, 1.807) is 28.4 Å². The summed E-state index contributed by atoms with van der Waals surface area (Å²) in [5.74, 6) is 3.45. The van der Waals surface area contributed by atoms with Gasteiger partial charge in [-0.2, -0.15) is 0 Å². The number of benzene rings is 3. The minimum atomic E-state index is -0.168.